The number of hydrogen-bond donors (Lipinski definition) is 1. The predicted molar refractivity (Wildman–Crippen MR) is 172 cm³/mol. The molecule has 0 saturated carbocycles. The summed E-state index contributed by atoms with van der Waals surface area (Å²) in [4.78, 5) is 23.9. The van der Waals surface area contributed by atoms with Gasteiger partial charge in [0.15, 0.2) is 0 Å². The minimum Gasteiger partial charge on any atom is -0.478 e. The largest absolute Gasteiger partial charge is 0.478 e. The molecule has 0 fully saturated rings. The molecule has 0 saturated heterocycles. The van der Waals surface area contributed by atoms with E-state index in [2.05, 4.69) is 39.0 Å². The number of hydrogen-bond acceptors (Lipinski definition) is 3. The van der Waals surface area contributed by atoms with Crippen molar-refractivity contribution in [1.29, 1.82) is 0 Å². The molecule has 0 amide bonds. The molecule has 0 heterocycles. The van der Waals surface area contributed by atoms with Gasteiger partial charge in [-0.15, -0.1) is 0 Å². The summed E-state index contributed by atoms with van der Waals surface area (Å²) in [5.41, 5.74) is 6.36. The van der Waals surface area contributed by atoms with Gasteiger partial charge >= 0.3 is 11.9 Å². The van der Waals surface area contributed by atoms with Gasteiger partial charge in [0.2, 0.25) is 0 Å². The lowest BCUT2D eigenvalue weighted by Crippen LogP contribution is -2.24. The quantitative estimate of drug-likeness (QED) is 0.193. The standard InChI is InChI=1S/C36H36Cl2O4/c1-35(2,3)20-29-16-14-27(18-31(29)37)28-15-17-30(32(38)19-28)21-36(4,5)22-42-34(41)26-12-8-24(9-13-26)23-6-10-25(11-7-23)33(39)40/h6-19H,20-22H2,1-5H3,(H,39,40). The number of esters is 1. The molecule has 0 radical (unpaired) electrons. The third kappa shape index (κ3) is 8.24. The van der Waals surface area contributed by atoms with Crippen LogP contribution in [0.2, 0.25) is 10.0 Å². The average molecular weight is 604 g/mol. The Bertz CT molecular complexity index is 1580. The number of aromatic carboxylic acids is 1. The van der Waals surface area contributed by atoms with Gasteiger partial charge in [-0.2, -0.15) is 0 Å². The third-order valence-corrected chi connectivity index (χ3v) is 7.71. The summed E-state index contributed by atoms with van der Waals surface area (Å²) >= 11 is 13.3. The van der Waals surface area contributed by atoms with E-state index < -0.39 is 11.9 Å². The summed E-state index contributed by atoms with van der Waals surface area (Å²) in [6.45, 7) is 10.9. The van der Waals surface area contributed by atoms with Crippen LogP contribution in [0.4, 0.5) is 0 Å². The van der Waals surface area contributed by atoms with E-state index in [1.54, 1.807) is 36.4 Å². The van der Waals surface area contributed by atoms with Crippen molar-refractivity contribution in [3.8, 4) is 22.3 Å². The Morgan fingerprint density at radius 3 is 1.50 bits per heavy atom. The van der Waals surface area contributed by atoms with Gasteiger partial charge in [0.05, 0.1) is 17.7 Å². The van der Waals surface area contributed by atoms with Crippen molar-refractivity contribution in [2.75, 3.05) is 6.61 Å². The first kappa shape index (κ1) is 31.3. The van der Waals surface area contributed by atoms with Gasteiger partial charge in [-0.05, 0) is 88.0 Å². The topological polar surface area (TPSA) is 63.6 Å². The number of benzene rings is 4. The van der Waals surface area contributed by atoms with Gasteiger partial charge < -0.3 is 9.84 Å². The Morgan fingerprint density at radius 1 is 0.643 bits per heavy atom. The SMILES string of the molecule is CC(C)(C)Cc1ccc(-c2ccc(CC(C)(C)COC(=O)c3ccc(-c4ccc(C(=O)O)cc4)cc3)c(Cl)c2)cc1Cl. The van der Waals surface area contributed by atoms with Gasteiger partial charge in [0, 0.05) is 15.5 Å². The Labute approximate surface area is 258 Å². The van der Waals surface area contributed by atoms with Crippen LogP contribution in [0.5, 0.6) is 0 Å². The molecule has 0 unspecified atom stereocenters. The maximum Gasteiger partial charge on any atom is 0.338 e. The molecule has 4 aromatic rings. The van der Waals surface area contributed by atoms with Crippen molar-refractivity contribution >= 4 is 35.1 Å². The fourth-order valence-corrected chi connectivity index (χ4v) is 5.32. The maximum absolute atomic E-state index is 12.8. The Balaban J connectivity index is 1.37. The van der Waals surface area contributed by atoms with E-state index in [1.807, 2.05) is 44.2 Å². The minimum atomic E-state index is -0.968. The summed E-state index contributed by atoms with van der Waals surface area (Å²) in [6, 6.07) is 25.9. The molecule has 218 valence electrons. The molecule has 42 heavy (non-hydrogen) atoms. The second-order valence-corrected chi connectivity index (χ2v) is 13.5. The van der Waals surface area contributed by atoms with Crippen molar-refractivity contribution in [3.63, 3.8) is 0 Å². The van der Waals surface area contributed by atoms with Crippen molar-refractivity contribution < 1.29 is 19.4 Å². The van der Waals surface area contributed by atoms with Crippen molar-refractivity contribution in [3.05, 3.63) is 117 Å². The number of carboxylic acids is 1. The number of carboxylic acid groups (broad SMARTS) is 1. The number of carbonyl (C=O) groups is 2. The Hall–Kier alpha value is -3.60. The molecule has 0 spiro atoms. The molecule has 1 N–H and O–H groups in total. The number of halogens is 2. The summed E-state index contributed by atoms with van der Waals surface area (Å²) in [7, 11) is 0. The lowest BCUT2D eigenvalue weighted by molar-refractivity contribution is 0.0341. The Kier molecular flexibility index (Phi) is 9.50. The van der Waals surface area contributed by atoms with Gasteiger partial charge in [-0.1, -0.05) is 106 Å². The highest BCUT2D eigenvalue weighted by molar-refractivity contribution is 6.32. The smallest absolute Gasteiger partial charge is 0.338 e. The van der Waals surface area contributed by atoms with Crippen LogP contribution in [0.1, 0.15) is 66.5 Å². The molecule has 0 aliphatic heterocycles. The lowest BCUT2D eigenvalue weighted by Gasteiger charge is -2.25. The van der Waals surface area contributed by atoms with E-state index in [0.29, 0.717) is 17.0 Å². The molecule has 6 heteroatoms. The average Bonchev–Trinajstić information content (AvgIpc) is 2.93. The van der Waals surface area contributed by atoms with Crippen molar-refractivity contribution in [2.45, 2.75) is 47.5 Å². The molecular weight excluding hydrogens is 567 g/mol. The maximum atomic E-state index is 12.8. The Morgan fingerprint density at radius 2 is 1.07 bits per heavy atom. The van der Waals surface area contributed by atoms with Crippen LogP contribution in [0.3, 0.4) is 0 Å². The van der Waals surface area contributed by atoms with E-state index in [-0.39, 0.29) is 23.0 Å². The summed E-state index contributed by atoms with van der Waals surface area (Å²) in [5.74, 6) is -1.37. The van der Waals surface area contributed by atoms with Gasteiger partial charge in [-0.3, -0.25) is 0 Å². The molecule has 4 rings (SSSR count). The first-order chi connectivity index (χ1) is 19.7. The van der Waals surface area contributed by atoms with Crippen LogP contribution in [-0.2, 0) is 17.6 Å². The highest BCUT2D eigenvalue weighted by Gasteiger charge is 2.23. The second-order valence-electron chi connectivity index (χ2n) is 12.7. The molecule has 0 aliphatic rings. The van der Waals surface area contributed by atoms with E-state index in [0.717, 1.165) is 44.8 Å². The molecule has 0 bridgehead atoms. The zero-order valence-corrected chi connectivity index (χ0v) is 26.1. The van der Waals surface area contributed by atoms with E-state index in [9.17, 15) is 9.59 Å². The summed E-state index contributed by atoms with van der Waals surface area (Å²) in [6.07, 6.45) is 1.54. The third-order valence-electron chi connectivity index (χ3n) is 7.01. The summed E-state index contributed by atoms with van der Waals surface area (Å²) < 4.78 is 5.68. The normalized spacial score (nSPS) is 11.8. The van der Waals surface area contributed by atoms with E-state index in [4.69, 9.17) is 33.0 Å². The van der Waals surface area contributed by atoms with Crippen LogP contribution >= 0.6 is 23.2 Å². The molecule has 0 aliphatic carbocycles. The first-order valence-electron chi connectivity index (χ1n) is 13.9. The second kappa shape index (κ2) is 12.7. The van der Waals surface area contributed by atoms with Crippen LogP contribution in [0.25, 0.3) is 22.3 Å². The van der Waals surface area contributed by atoms with Gasteiger partial charge in [-0.25, -0.2) is 9.59 Å². The zero-order chi connectivity index (χ0) is 30.7. The number of carbonyl (C=O) groups excluding carboxylic acids is 1. The molecular formula is C36H36Cl2O4. The fourth-order valence-electron chi connectivity index (χ4n) is 4.83. The molecule has 0 atom stereocenters. The van der Waals surface area contributed by atoms with Gasteiger partial charge in [0.1, 0.15) is 0 Å². The first-order valence-corrected chi connectivity index (χ1v) is 14.6. The van der Waals surface area contributed by atoms with E-state index >= 15 is 0 Å². The molecule has 4 aromatic carbocycles. The van der Waals surface area contributed by atoms with Crippen LogP contribution in [0.15, 0.2) is 84.9 Å². The fraction of sp³-hybridized carbons (Fsp3) is 0.278. The number of rotatable bonds is 9. The van der Waals surface area contributed by atoms with Crippen LogP contribution < -0.4 is 0 Å². The van der Waals surface area contributed by atoms with Crippen LogP contribution in [-0.4, -0.2) is 23.7 Å². The van der Waals surface area contributed by atoms with Crippen molar-refractivity contribution in [2.24, 2.45) is 10.8 Å². The predicted octanol–water partition coefficient (Wildman–Crippen LogP) is 10.0. The molecule has 4 nitrogen and oxygen atoms in total. The minimum absolute atomic E-state index is 0.154. The van der Waals surface area contributed by atoms with E-state index in [1.165, 1.54) is 0 Å². The number of ether oxygens (including phenoxy) is 1. The highest BCUT2D eigenvalue weighted by Crippen LogP contribution is 2.34. The molecule has 0 aromatic heterocycles. The lowest BCUT2D eigenvalue weighted by atomic mass is 9.85. The van der Waals surface area contributed by atoms with Crippen molar-refractivity contribution in [1.82, 2.24) is 0 Å². The summed E-state index contributed by atoms with van der Waals surface area (Å²) in [5, 5.41) is 10.5. The monoisotopic (exact) mass is 602 g/mol. The zero-order valence-electron chi connectivity index (χ0n) is 24.6. The highest BCUT2D eigenvalue weighted by atomic mass is 35.5. The van der Waals surface area contributed by atoms with Crippen LogP contribution in [0, 0.1) is 10.8 Å². The van der Waals surface area contributed by atoms with Gasteiger partial charge in [0.25, 0.3) is 0 Å².